The third-order valence-corrected chi connectivity index (χ3v) is 4.01. The van der Waals surface area contributed by atoms with Gasteiger partial charge in [-0.3, -0.25) is 0 Å². The molecule has 1 aliphatic rings. The molecule has 6 nitrogen and oxygen atoms in total. The van der Waals surface area contributed by atoms with Crippen LogP contribution in [0.25, 0.3) is 0 Å². The van der Waals surface area contributed by atoms with Gasteiger partial charge >= 0.3 is 12.4 Å². The molecule has 1 N–H and O–H groups in total. The summed E-state index contributed by atoms with van der Waals surface area (Å²) in [5, 5.41) is 2.75. The Morgan fingerprint density at radius 3 is 2.56 bits per heavy atom. The van der Waals surface area contributed by atoms with Gasteiger partial charge in [-0.1, -0.05) is 12.1 Å². The Hall–Kier alpha value is -2.71. The molecule has 0 spiro atoms. The van der Waals surface area contributed by atoms with Crippen molar-refractivity contribution in [2.75, 3.05) is 13.1 Å². The Balaban J connectivity index is 1.45. The summed E-state index contributed by atoms with van der Waals surface area (Å²) in [5.41, 5.74) is 0.686. The predicted molar refractivity (Wildman–Crippen MR) is 82.9 cm³/mol. The zero-order valence-electron chi connectivity index (χ0n) is 13.5. The number of imidazole rings is 1. The highest BCUT2D eigenvalue weighted by Gasteiger charge is 2.32. The minimum Gasteiger partial charge on any atom is -0.406 e. The normalized spacial score (nSPS) is 15.0. The highest BCUT2D eigenvalue weighted by atomic mass is 19.4. The van der Waals surface area contributed by atoms with Crippen LogP contribution in [-0.4, -0.2) is 39.9 Å². The monoisotopic (exact) mass is 354 g/mol. The van der Waals surface area contributed by atoms with Crippen LogP contribution in [0.2, 0.25) is 0 Å². The van der Waals surface area contributed by atoms with E-state index in [1.807, 2.05) is 17.7 Å². The molecule has 0 saturated carbocycles. The smallest absolute Gasteiger partial charge is 0.406 e. The number of aromatic nitrogens is 2. The third kappa shape index (κ3) is 4.23. The van der Waals surface area contributed by atoms with Crippen LogP contribution in [0.4, 0.5) is 18.0 Å². The van der Waals surface area contributed by atoms with Gasteiger partial charge < -0.3 is 19.5 Å². The first-order valence-electron chi connectivity index (χ1n) is 7.69. The van der Waals surface area contributed by atoms with Gasteiger partial charge in [0.2, 0.25) is 0 Å². The molecule has 2 amide bonds. The minimum atomic E-state index is -4.71. The Labute approximate surface area is 142 Å². The SMILES string of the molecule is Cc1nccn1C1CN(C(=O)NCc2ccc(OC(F)(F)F)cc2)C1. The quantitative estimate of drug-likeness (QED) is 0.919. The lowest BCUT2D eigenvalue weighted by Gasteiger charge is -2.40. The van der Waals surface area contributed by atoms with Gasteiger partial charge in [0.1, 0.15) is 11.6 Å². The van der Waals surface area contributed by atoms with Gasteiger partial charge in [-0.05, 0) is 24.6 Å². The molecule has 1 aromatic heterocycles. The number of alkyl halides is 3. The number of urea groups is 1. The second kappa shape index (κ2) is 6.66. The number of hydrogen-bond acceptors (Lipinski definition) is 3. The van der Waals surface area contributed by atoms with E-state index >= 15 is 0 Å². The van der Waals surface area contributed by atoms with Crippen molar-refractivity contribution in [1.82, 2.24) is 19.8 Å². The maximum absolute atomic E-state index is 12.1. The van der Waals surface area contributed by atoms with Crippen LogP contribution >= 0.6 is 0 Å². The number of benzene rings is 1. The summed E-state index contributed by atoms with van der Waals surface area (Å²) in [6.07, 6.45) is -1.10. The molecule has 3 rings (SSSR count). The van der Waals surface area contributed by atoms with Crippen molar-refractivity contribution in [1.29, 1.82) is 0 Å². The lowest BCUT2D eigenvalue weighted by molar-refractivity contribution is -0.274. The van der Waals surface area contributed by atoms with Gasteiger partial charge in [0, 0.05) is 32.0 Å². The van der Waals surface area contributed by atoms with Crippen LogP contribution in [0.15, 0.2) is 36.7 Å². The molecule has 2 heterocycles. The Morgan fingerprint density at radius 2 is 2.00 bits per heavy atom. The topological polar surface area (TPSA) is 59.4 Å². The molecule has 1 aliphatic heterocycles. The fourth-order valence-corrected chi connectivity index (χ4v) is 2.67. The number of nitrogens with zero attached hydrogens (tertiary/aromatic N) is 3. The number of likely N-dealkylation sites (tertiary alicyclic amines) is 1. The van der Waals surface area contributed by atoms with E-state index in [0.717, 1.165) is 5.82 Å². The summed E-state index contributed by atoms with van der Waals surface area (Å²) in [7, 11) is 0. The average Bonchev–Trinajstić information content (AvgIpc) is 2.90. The zero-order chi connectivity index (χ0) is 18.0. The molecule has 0 unspecified atom stereocenters. The molecule has 0 bridgehead atoms. The number of nitrogens with one attached hydrogen (secondary N) is 1. The summed E-state index contributed by atoms with van der Waals surface area (Å²) in [6.45, 7) is 3.34. The number of carbonyl (C=O) groups excluding carboxylic acids is 1. The van der Waals surface area contributed by atoms with E-state index in [4.69, 9.17) is 0 Å². The number of halogens is 3. The van der Waals surface area contributed by atoms with E-state index in [9.17, 15) is 18.0 Å². The van der Waals surface area contributed by atoms with Crippen LogP contribution in [0, 0.1) is 6.92 Å². The van der Waals surface area contributed by atoms with Crippen LogP contribution < -0.4 is 10.1 Å². The highest BCUT2D eigenvalue weighted by Crippen LogP contribution is 2.24. The lowest BCUT2D eigenvalue weighted by Crippen LogP contribution is -2.54. The summed E-state index contributed by atoms with van der Waals surface area (Å²) >= 11 is 0. The first-order valence-corrected chi connectivity index (χ1v) is 7.69. The Bertz CT molecular complexity index is 737. The second-order valence-electron chi connectivity index (χ2n) is 5.79. The van der Waals surface area contributed by atoms with Crippen molar-refractivity contribution in [3.63, 3.8) is 0 Å². The van der Waals surface area contributed by atoms with Crippen molar-refractivity contribution >= 4 is 6.03 Å². The third-order valence-electron chi connectivity index (χ3n) is 4.01. The summed E-state index contributed by atoms with van der Waals surface area (Å²) in [5.74, 6) is 0.620. The van der Waals surface area contributed by atoms with Gasteiger partial charge in [-0.15, -0.1) is 13.2 Å². The number of aryl methyl sites for hydroxylation is 1. The molecule has 2 aromatic rings. The molecular weight excluding hydrogens is 337 g/mol. The lowest BCUT2D eigenvalue weighted by atomic mass is 10.1. The maximum atomic E-state index is 12.1. The van der Waals surface area contributed by atoms with Gasteiger partial charge in [0.05, 0.1) is 6.04 Å². The average molecular weight is 354 g/mol. The molecule has 25 heavy (non-hydrogen) atoms. The van der Waals surface area contributed by atoms with Crippen molar-refractivity contribution in [3.05, 3.63) is 48.0 Å². The van der Waals surface area contributed by atoms with E-state index in [1.165, 1.54) is 24.3 Å². The second-order valence-corrected chi connectivity index (χ2v) is 5.79. The van der Waals surface area contributed by atoms with Gasteiger partial charge in [0.25, 0.3) is 0 Å². The molecular formula is C16H17F3N4O2. The standard InChI is InChI=1S/C16H17F3N4O2/c1-11-20-6-7-23(11)13-9-22(10-13)15(24)21-8-12-2-4-14(5-3-12)25-16(17,18)19/h2-7,13H,8-10H2,1H3,(H,21,24). The molecule has 134 valence electrons. The zero-order valence-corrected chi connectivity index (χ0v) is 13.5. The maximum Gasteiger partial charge on any atom is 0.573 e. The van der Waals surface area contributed by atoms with Crippen LogP contribution in [0.1, 0.15) is 17.4 Å². The molecule has 0 aliphatic carbocycles. The molecule has 9 heteroatoms. The number of rotatable bonds is 4. The fourth-order valence-electron chi connectivity index (χ4n) is 2.67. The predicted octanol–water partition coefficient (Wildman–Crippen LogP) is 2.86. The Morgan fingerprint density at radius 1 is 1.32 bits per heavy atom. The van der Waals surface area contributed by atoms with Crippen LogP contribution in [0.3, 0.4) is 0 Å². The highest BCUT2D eigenvalue weighted by molar-refractivity contribution is 5.75. The Kier molecular flexibility index (Phi) is 4.56. The van der Waals surface area contributed by atoms with Crippen LogP contribution in [-0.2, 0) is 6.54 Å². The van der Waals surface area contributed by atoms with Crippen molar-refractivity contribution < 1.29 is 22.7 Å². The van der Waals surface area contributed by atoms with Gasteiger partial charge in [-0.2, -0.15) is 0 Å². The van der Waals surface area contributed by atoms with Crippen molar-refractivity contribution in [2.24, 2.45) is 0 Å². The summed E-state index contributed by atoms with van der Waals surface area (Å²) < 4.78 is 42.1. The molecule has 1 fully saturated rings. The van der Waals surface area contributed by atoms with E-state index in [1.54, 1.807) is 11.1 Å². The van der Waals surface area contributed by atoms with E-state index in [2.05, 4.69) is 15.0 Å². The molecule has 0 atom stereocenters. The number of ether oxygens (including phenoxy) is 1. The summed E-state index contributed by atoms with van der Waals surface area (Å²) in [6, 6.07) is 5.42. The minimum absolute atomic E-state index is 0.204. The first kappa shape index (κ1) is 17.1. The van der Waals surface area contributed by atoms with E-state index in [-0.39, 0.29) is 24.4 Å². The van der Waals surface area contributed by atoms with Crippen LogP contribution in [0.5, 0.6) is 5.75 Å². The fraction of sp³-hybridized carbons (Fsp3) is 0.375. The summed E-state index contributed by atoms with van der Waals surface area (Å²) in [4.78, 5) is 17.9. The first-order chi connectivity index (χ1) is 11.8. The largest absolute Gasteiger partial charge is 0.573 e. The number of amides is 2. The van der Waals surface area contributed by atoms with Gasteiger partial charge in [0.15, 0.2) is 0 Å². The van der Waals surface area contributed by atoms with Crippen molar-refractivity contribution in [3.8, 4) is 5.75 Å². The molecule has 1 aromatic carbocycles. The van der Waals surface area contributed by atoms with Gasteiger partial charge in [-0.25, -0.2) is 9.78 Å². The number of hydrogen-bond donors (Lipinski definition) is 1. The molecule has 0 radical (unpaired) electrons. The van der Waals surface area contributed by atoms with E-state index in [0.29, 0.717) is 18.7 Å². The van der Waals surface area contributed by atoms with Crippen molar-refractivity contribution in [2.45, 2.75) is 25.9 Å². The molecule has 1 saturated heterocycles. The van der Waals surface area contributed by atoms with E-state index < -0.39 is 6.36 Å². The number of carbonyl (C=O) groups is 1.